The van der Waals surface area contributed by atoms with Gasteiger partial charge >= 0.3 is 0 Å². The second kappa shape index (κ2) is 8.24. The molecule has 1 heteroatoms. The van der Waals surface area contributed by atoms with E-state index in [1.165, 1.54) is 11.1 Å². The van der Waals surface area contributed by atoms with Gasteiger partial charge in [-0.1, -0.05) is 97.9 Å². The molecule has 4 aromatic rings. The average molecular weight is 364 g/mol. The van der Waals surface area contributed by atoms with E-state index in [2.05, 4.69) is 72.8 Å². The summed E-state index contributed by atoms with van der Waals surface area (Å²) >= 11 is 0. The molecular formula is C27H24O. The van der Waals surface area contributed by atoms with E-state index in [4.69, 9.17) is 0 Å². The Morgan fingerprint density at radius 3 is 1.39 bits per heavy atom. The summed E-state index contributed by atoms with van der Waals surface area (Å²) in [5.41, 5.74) is 7.86. The van der Waals surface area contributed by atoms with Gasteiger partial charge < -0.3 is 5.11 Å². The smallest absolute Gasteiger partial charge is 0.0793 e. The van der Waals surface area contributed by atoms with E-state index in [0.717, 1.165) is 27.8 Å². The molecule has 1 N–H and O–H groups in total. The zero-order valence-corrected chi connectivity index (χ0v) is 16.0. The van der Waals surface area contributed by atoms with Crippen molar-refractivity contribution in [2.75, 3.05) is 0 Å². The summed E-state index contributed by atoms with van der Waals surface area (Å²) < 4.78 is 0. The second-order valence-electron chi connectivity index (χ2n) is 7.01. The number of aliphatic hydroxyl groups excluding tert-OH is 1. The number of benzene rings is 4. The molecule has 1 atom stereocenters. The third-order valence-corrected chi connectivity index (χ3v) is 5.19. The average Bonchev–Trinajstić information content (AvgIpc) is 2.79. The first kappa shape index (κ1) is 18.2. The Kier molecular flexibility index (Phi) is 5.36. The van der Waals surface area contributed by atoms with Gasteiger partial charge in [0.15, 0.2) is 0 Å². The van der Waals surface area contributed by atoms with Crippen LogP contribution >= 0.6 is 0 Å². The van der Waals surface area contributed by atoms with Gasteiger partial charge in [0.25, 0.3) is 0 Å². The number of rotatable bonds is 5. The summed E-state index contributed by atoms with van der Waals surface area (Å²) in [5.74, 6) is 0. The molecule has 0 aliphatic rings. The van der Waals surface area contributed by atoms with Crippen LogP contribution in [-0.4, -0.2) is 5.11 Å². The summed E-state index contributed by atoms with van der Waals surface area (Å²) in [6.07, 6.45) is 0.182. The molecule has 4 rings (SSSR count). The van der Waals surface area contributed by atoms with Crippen molar-refractivity contribution in [1.82, 2.24) is 0 Å². The van der Waals surface area contributed by atoms with Gasteiger partial charge in [0.2, 0.25) is 0 Å². The SMILES string of the molecule is CC[C@H](O)c1cc(-c2ccccc2)c(-c2ccccc2)cc1-c1ccccc1. The molecule has 0 amide bonds. The fourth-order valence-electron chi connectivity index (χ4n) is 3.69. The molecule has 0 spiro atoms. The van der Waals surface area contributed by atoms with Gasteiger partial charge in [0.05, 0.1) is 6.10 Å². The Hall–Kier alpha value is -3.16. The minimum atomic E-state index is -0.498. The van der Waals surface area contributed by atoms with Crippen LogP contribution in [0.15, 0.2) is 103 Å². The maximum atomic E-state index is 10.8. The first-order valence-electron chi connectivity index (χ1n) is 9.80. The number of aliphatic hydroxyl groups is 1. The van der Waals surface area contributed by atoms with E-state index in [0.29, 0.717) is 6.42 Å². The highest BCUT2D eigenvalue weighted by Crippen LogP contribution is 2.40. The molecule has 0 heterocycles. The van der Waals surface area contributed by atoms with Crippen molar-refractivity contribution >= 4 is 0 Å². The lowest BCUT2D eigenvalue weighted by molar-refractivity contribution is 0.174. The third-order valence-electron chi connectivity index (χ3n) is 5.19. The van der Waals surface area contributed by atoms with Crippen molar-refractivity contribution in [3.8, 4) is 33.4 Å². The fourth-order valence-corrected chi connectivity index (χ4v) is 3.69. The highest BCUT2D eigenvalue weighted by molar-refractivity contribution is 5.88. The van der Waals surface area contributed by atoms with Crippen molar-refractivity contribution < 1.29 is 5.11 Å². The molecule has 0 unspecified atom stereocenters. The second-order valence-corrected chi connectivity index (χ2v) is 7.01. The molecule has 0 radical (unpaired) electrons. The van der Waals surface area contributed by atoms with Crippen molar-refractivity contribution in [2.45, 2.75) is 19.4 Å². The molecule has 0 aromatic heterocycles. The lowest BCUT2D eigenvalue weighted by Crippen LogP contribution is -2.01. The van der Waals surface area contributed by atoms with Crippen LogP contribution in [0.1, 0.15) is 25.0 Å². The highest BCUT2D eigenvalue weighted by Gasteiger charge is 2.18. The predicted octanol–water partition coefficient (Wildman–Crippen LogP) is 7.13. The summed E-state index contributed by atoms with van der Waals surface area (Å²) in [6, 6.07) is 35.6. The Balaban J connectivity index is 2.03. The van der Waals surface area contributed by atoms with Gasteiger partial charge in [-0.15, -0.1) is 0 Å². The Morgan fingerprint density at radius 2 is 0.964 bits per heavy atom. The van der Waals surface area contributed by atoms with Crippen LogP contribution in [0, 0.1) is 0 Å². The quantitative estimate of drug-likeness (QED) is 0.399. The van der Waals surface area contributed by atoms with Crippen molar-refractivity contribution in [3.05, 3.63) is 109 Å². The van der Waals surface area contributed by atoms with Crippen molar-refractivity contribution in [1.29, 1.82) is 0 Å². The fraction of sp³-hybridized carbons (Fsp3) is 0.111. The zero-order chi connectivity index (χ0) is 19.3. The Labute approximate surface area is 166 Å². The van der Waals surface area contributed by atoms with Crippen LogP contribution < -0.4 is 0 Å². The largest absolute Gasteiger partial charge is 0.388 e. The molecule has 0 fully saturated rings. The predicted molar refractivity (Wildman–Crippen MR) is 118 cm³/mol. The molecule has 0 aliphatic heterocycles. The van der Waals surface area contributed by atoms with Gasteiger partial charge in [-0.05, 0) is 57.5 Å². The summed E-state index contributed by atoms with van der Waals surface area (Å²) in [6.45, 7) is 2.02. The molecule has 0 saturated heterocycles. The van der Waals surface area contributed by atoms with E-state index in [9.17, 15) is 5.11 Å². The normalized spacial score (nSPS) is 11.9. The van der Waals surface area contributed by atoms with Gasteiger partial charge in [0.1, 0.15) is 0 Å². The number of hydrogen-bond acceptors (Lipinski definition) is 1. The van der Waals surface area contributed by atoms with Crippen LogP contribution in [0.3, 0.4) is 0 Å². The van der Waals surface area contributed by atoms with E-state index >= 15 is 0 Å². The minimum Gasteiger partial charge on any atom is -0.388 e. The Morgan fingerprint density at radius 1 is 0.571 bits per heavy atom. The Bertz CT molecular complexity index is 1040. The van der Waals surface area contributed by atoms with E-state index in [-0.39, 0.29) is 0 Å². The first-order chi connectivity index (χ1) is 13.8. The van der Waals surface area contributed by atoms with Gasteiger partial charge in [-0.2, -0.15) is 0 Å². The molecule has 0 bridgehead atoms. The topological polar surface area (TPSA) is 20.2 Å². The monoisotopic (exact) mass is 364 g/mol. The first-order valence-corrected chi connectivity index (χ1v) is 9.80. The van der Waals surface area contributed by atoms with Crippen LogP contribution in [0.25, 0.3) is 33.4 Å². The molecule has 138 valence electrons. The highest BCUT2D eigenvalue weighted by atomic mass is 16.3. The van der Waals surface area contributed by atoms with Crippen LogP contribution in [-0.2, 0) is 0 Å². The standard InChI is InChI=1S/C27H24O/c1-2-27(28)26-19-24(21-14-8-4-9-15-21)23(20-12-6-3-7-13-20)18-25(26)22-16-10-5-11-17-22/h3-19,27-28H,2H2,1H3/t27-/m0/s1. The van der Waals surface area contributed by atoms with Gasteiger partial charge in [-0.25, -0.2) is 0 Å². The van der Waals surface area contributed by atoms with Crippen LogP contribution in [0.5, 0.6) is 0 Å². The molecule has 0 saturated carbocycles. The summed E-state index contributed by atoms with van der Waals surface area (Å²) in [5, 5.41) is 10.8. The molecule has 28 heavy (non-hydrogen) atoms. The van der Waals surface area contributed by atoms with Crippen molar-refractivity contribution in [3.63, 3.8) is 0 Å². The maximum absolute atomic E-state index is 10.8. The van der Waals surface area contributed by atoms with Gasteiger partial charge in [-0.3, -0.25) is 0 Å². The van der Waals surface area contributed by atoms with Gasteiger partial charge in [0, 0.05) is 0 Å². The number of hydrogen-bond donors (Lipinski definition) is 1. The maximum Gasteiger partial charge on any atom is 0.0793 e. The zero-order valence-electron chi connectivity index (χ0n) is 16.0. The lowest BCUT2D eigenvalue weighted by Gasteiger charge is -2.20. The minimum absolute atomic E-state index is 0.498. The molecule has 1 nitrogen and oxygen atoms in total. The molecule has 0 aliphatic carbocycles. The lowest BCUT2D eigenvalue weighted by atomic mass is 9.86. The molecular weight excluding hydrogens is 340 g/mol. The third kappa shape index (κ3) is 3.62. The summed E-state index contributed by atoms with van der Waals surface area (Å²) in [7, 11) is 0. The van der Waals surface area contributed by atoms with E-state index in [1.54, 1.807) is 0 Å². The van der Waals surface area contributed by atoms with Crippen molar-refractivity contribution in [2.24, 2.45) is 0 Å². The van der Waals surface area contributed by atoms with Crippen LogP contribution in [0.4, 0.5) is 0 Å². The van der Waals surface area contributed by atoms with E-state index in [1.807, 2.05) is 37.3 Å². The summed E-state index contributed by atoms with van der Waals surface area (Å²) in [4.78, 5) is 0. The van der Waals surface area contributed by atoms with Crippen LogP contribution in [0.2, 0.25) is 0 Å². The van der Waals surface area contributed by atoms with E-state index < -0.39 is 6.10 Å². The molecule has 4 aromatic carbocycles.